The van der Waals surface area contributed by atoms with E-state index in [2.05, 4.69) is 24.3 Å². The van der Waals surface area contributed by atoms with Gasteiger partial charge in [0, 0.05) is 16.9 Å². The van der Waals surface area contributed by atoms with Gasteiger partial charge in [-0.2, -0.15) is 0 Å². The quantitative estimate of drug-likeness (QED) is 0.645. The molecular weight excluding hydrogens is 281 g/mol. The summed E-state index contributed by atoms with van der Waals surface area (Å²) in [6.45, 7) is 0. The van der Waals surface area contributed by atoms with E-state index in [-0.39, 0.29) is 5.82 Å². The fourth-order valence-electron chi connectivity index (χ4n) is 2.77. The fraction of sp³-hybridized carbons (Fsp3) is 0.167. The number of hydrogen-bond donors (Lipinski definition) is 0. The van der Waals surface area contributed by atoms with Crippen molar-refractivity contribution in [3.8, 4) is 11.3 Å². The third-order valence-corrected chi connectivity index (χ3v) is 4.95. The number of thiazole rings is 1. The first kappa shape index (κ1) is 12.7. The van der Waals surface area contributed by atoms with Crippen LogP contribution in [0.25, 0.3) is 11.3 Å². The van der Waals surface area contributed by atoms with Crippen LogP contribution in [0.15, 0.2) is 60.0 Å². The molecule has 1 heterocycles. The van der Waals surface area contributed by atoms with Gasteiger partial charge in [0.15, 0.2) is 0 Å². The van der Waals surface area contributed by atoms with Crippen molar-refractivity contribution in [2.45, 2.75) is 18.3 Å². The Labute approximate surface area is 127 Å². The Morgan fingerprint density at radius 2 is 1.86 bits per heavy atom. The van der Waals surface area contributed by atoms with Gasteiger partial charge in [0.05, 0.1) is 10.7 Å². The maximum Gasteiger partial charge on any atom is 0.123 e. The smallest absolute Gasteiger partial charge is 0.123 e. The lowest BCUT2D eigenvalue weighted by Crippen LogP contribution is -1.85. The van der Waals surface area contributed by atoms with Crippen LogP contribution in [-0.2, 0) is 0 Å². The van der Waals surface area contributed by atoms with Gasteiger partial charge < -0.3 is 0 Å². The van der Waals surface area contributed by atoms with Gasteiger partial charge in [0.25, 0.3) is 0 Å². The van der Waals surface area contributed by atoms with Crippen molar-refractivity contribution in [1.82, 2.24) is 4.98 Å². The van der Waals surface area contributed by atoms with Gasteiger partial charge in [-0.15, -0.1) is 11.3 Å². The molecule has 0 unspecified atom stereocenters. The summed E-state index contributed by atoms with van der Waals surface area (Å²) in [5.74, 6) is 0.910. The molecule has 0 bridgehead atoms. The molecule has 0 radical (unpaired) electrons. The predicted octanol–water partition coefficient (Wildman–Crippen LogP) is 5.22. The Balaban J connectivity index is 1.57. The number of hydrogen-bond acceptors (Lipinski definition) is 2. The molecule has 1 saturated carbocycles. The van der Waals surface area contributed by atoms with Gasteiger partial charge in [0.2, 0.25) is 0 Å². The first-order valence-electron chi connectivity index (χ1n) is 7.07. The summed E-state index contributed by atoms with van der Waals surface area (Å²) >= 11 is 1.69. The molecule has 2 atom stereocenters. The number of nitrogens with zero attached hydrogens (tertiary/aromatic N) is 1. The molecule has 1 fully saturated rings. The monoisotopic (exact) mass is 295 g/mol. The maximum atomic E-state index is 13.3. The standard InChI is InChI=1S/C18H14FNS/c19-14-8-4-7-13(9-14)17-11-21-18(20-17)16-10-15(16)12-5-2-1-3-6-12/h1-9,11,15-16H,10H2/t15-,16+/m0/s1. The van der Waals surface area contributed by atoms with E-state index in [1.54, 1.807) is 23.5 Å². The van der Waals surface area contributed by atoms with E-state index in [1.807, 2.05) is 17.5 Å². The van der Waals surface area contributed by atoms with Crippen LogP contribution in [0.2, 0.25) is 0 Å². The first-order chi connectivity index (χ1) is 10.3. The molecule has 4 rings (SSSR count). The number of benzene rings is 2. The zero-order valence-corrected chi connectivity index (χ0v) is 12.2. The summed E-state index contributed by atoms with van der Waals surface area (Å²) in [7, 11) is 0. The molecule has 0 spiro atoms. The lowest BCUT2D eigenvalue weighted by molar-refractivity contribution is 0.628. The average Bonchev–Trinajstić information content (AvgIpc) is 3.17. The second-order valence-electron chi connectivity index (χ2n) is 5.44. The topological polar surface area (TPSA) is 12.9 Å². The van der Waals surface area contributed by atoms with Crippen molar-refractivity contribution in [2.75, 3.05) is 0 Å². The minimum atomic E-state index is -0.212. The molecule has 1 aliphatic carbocycles. The number of halogens is 1. The highest BCUT2D eigenvalue weighted by molar-refractivity contribution is 7.10. The SMILES string of the molecule is Fc1cccc(-c2csc([C@@H]3C[C@H]3c3ccccc3)n2)c1. The van der Waals surface area contributed by atoms with Crippen molar-refractivity contribution in [1.29, 1.82) is 0 Å². The van der Waals surface area contributed by atoms with Crippen LogP contribution in [0, 0.1) is 5.82 Å². The van der Waals surface area contributed by atoms with E-state index in [0.717, 1.165) is 11.3 Å². The van der Waals surface area contributed by atoms with Gasteiger partial charge >= 0.3 is 0 Å². The van der Waals surface area contributed by atoms with Crippen molar-refractivity contribution in [3.63, 3.8) is 0 Å². The van der Waals surface area contributed by atoms with E-state index in [4.69, 9.17) is 4.98 Å². The lowest BCUT2D eigenvalue weighted by Gasteiger charge is -1.98. The van der Waals surface area contributed by atoms with E-state index >= 15 is 0 Å². The summed E-state index contributed by atoms with van der Waals surface area (Å²) in [6.07, 6.45) is 1.17. The normalized spacial score (nSPS) is 20.4. The zero-order valence-electron chi connectivity index (χ0n) is 11.4. The van der Waals surface area contributed by atoms with Crippen LogP contribution in [0.4, 0.5) is 4.39 Å². The molecule has 3 aromatic rings. The molecule has 3 heteroatoms. The zero-order chi connectivity index (χ0) is 14.2. The van der Waals surface area contributed by atoms with Crippen molar-refractivity contribution in [3.05, 3.63) is 76.4 Å². The van der Waals surface area contributed by atoms with Crippen molar-refractivity contribution in [2.24, 2.45) is 0 Å². The maximum absolute atomic E-state index is 13.3. The Morgan fingerprint density at radius 3 is 2.67 bits per heavy atom. The Morgan fingerprint density at radius 1 is 1.00 bits per heavy atom. The molecule has 104 valence electrons. The van der Waals surface area contributed by atoms with Crippen LogP contribution in [0.1, 0.15) is 28.8 Å². The number of rotatable bonds is 3. The molecule has 0 saturated heterocycles. The van der Waals surface area contributed by atoms with Gasteiger partial charge in [0.1, 0.15) is 5.82 Å². The summed E-state index contributed by atoms with van der Waals surface area (Å²) in [4.78, 5) is 4.71. The number of aromatic nitrogens is 1. The van der Waals surface area contributed by atoms with Crippen LogP contribution < -0.4 is 0 Å². The van der Waals surface area contributed by atoms with E-state index < -0.39 is 0 Å². The Hall–Kier alpha value is -2.00. The van der Waals surface area contributed by atoms with Crippen molar-refractivity contribution >= 4 is 11.3 Å². The predicted molar refractivity (Wildman–Crippen MR) is 84.0 cm³/mol. The molecule has 1 aromatic heterocycles. The Kier molecular flexibility index (Phi) is 3.08. The fourth-order valence-corrected chi connectivity index (χ4v) is 3.78. The highest BCUT2D eigenvalue weighted by atomic mass is 32.1. The highest BCUT2D eigenvalue weighted by Crippen LogP contribution is 2.55. The van der Waals surface area contributed by atoms with Crippen LogP contribution >= 0.6 is 11.3 Å². The largest absolute Gasteiger partial charge is 0.241 e. The minimum absolute atomic E-state index is 0.212. The molecule has 21 heavy (non-hydrogen) atoms. The molecule has 0 aliphatic heterocycles. The van der Waals surface area contributed by atoms with Crippen LogP contribution in [0.3, 0.4) is 0 Å². The second kappa shape index (κ2) is 5.08. The Bertz CT molecular complexity index is 766. The minimum Gasteiger partial charge on any atom is -0.241 e. The second-order valence-corrected chi connectivity index (χ2v) is 6.33. The van der Waals surface area contributed by atoms with Gasteiger partial charge in [-0.05, 0) is 30.0 Å². The lowest BCUT2D eigenvalue weighted by atomic mass is 10.1. The average molecular weight is 295 g/mol. The third kappa shape index (κ3) is 2.49. The molecule has 0 N–H and O–H groups in total. The van der Waals surface area contributed by atoms with E-state index in [9.17, 15) is 4.39 Å². The van der Waals surface area contributed by atoms with Gasteiger partial charge in [-0.25, -0.2) is 9.37 Å². The van der Waals surface area contributed by atoms with Gasteiger partial charge in [-0.1, -0.05) is 42.5 Å². The molecule has 2 aromatic carbocycles. The summed E-state index contributed by atoms with van der Waals surface area (Å²) < 4.78 is 13.3. The van der Waals surface area contributed by atoms with Crippen molar-refractivity contribution < 1.29 is 4.39 Å². The van der Waals surface area contributed by atoms with Crippen LogP contribution in [-0.4, -0.2) is 4.98 Å². The summed E-state index contributed by atoms with van der Waals surface area (Å²) in [5, 5.41) is 3.20. The summed E-state index contributed by atoms with van der Waals surface area (Å²) in [6, 6.07) is 17.2. The summed E-state index contributed by atoms with van der Waals surface area (Å²) in [5.41, 5.74) is 3.13. The van der Waals surface area contributed by atoms with E-state index in [1.165, 1.54) is 23.1 Å². The molecule has 0 amide bonds. The van der Waals surface area contributed by atoms with Gasteiger partial charge in [-0.3, -0.25) is 0 Å². The highest BCUT2D eigenvalue weighted by Gasteiger charge is 2.41. The third-order valence-electron chi connectivity index (χ3n) is 3.98. The molecule has 1 nitrogen and oxygen atoms in total. The van der Waals surface area contributed by atoms with E-state index in [0.29, 0.717) is 11.8 Å². The van der Waals surface area contributed by atoms with Crippen LogP contribution in [0.5, 0.6) is 0 Å². The first-order valence-corrected chi connectivity index (χ1v) is 7.95. The molecular formula is C18H14FNS. The molecule has 1 aliphatic rings.